The zero-order valence-corrected chi connectivity index (χ0v) is 14.8. The van der Waals surface area contributed by atoms with Crippen molar-refractivity contribution in [3.8, 4) is 0 Å². The first-order chi connectivity index (χ1) is 11.9. The van der Waals surface area contributed by atoms with E-state index in [0.717, 1.165) is 22.2 Å². The number of furan rings is 1. The summed E-state index contributed by atoms with van der Waals surface area (Å²) in [6.07, 6.45) is 0.658. The van der Waals surface area contributed by atoms with Crippen LogP contribution in [0, 0.1) is 10.1 Å². The van der Waals surface area contributed by atoms with Crippen molar-refractivity contribution in [2.75, 3.05) is 6.61 Å². The van der Waals surface area contributed by atoms with Gasteiger partial charge in [0.1, 0.15) is 4.92 Å². The molecule has 0 radical (unpaired) electrons. The van der Waals surface area contributed by atoms with E-state index in [2.05, 4.69) is 21.2 Å². The summed E-state index contributed by atoms with van der Waals surface area (Å²) in [5.41, 5.74) is 0.923. The molecule has 0 bridgehead atoms. The Labute approximate surface area is 151 Å². The van der Waals surface area contributed by atoms with Crippen LogP contribution in [0.4, 0.5) is 5.88 Å². The Morgan fingerprint density at radius 1 is 1.28 bits per heavy atom. The first-order valence-corrected chi connectivity index (χ1v) is 8.16. The molecule has 0 spiro atoms. The van der Waals surface area contributed by atoms with Gasteiger partial charge < -0.3 is 14.5 Å². The number of benzene rings is 1. The van der Waals surface area contributed by atoms with Crippen LogP contribution in [0.1, 0.15) is 35.5 Å². The van der Waals surface area contributed by atoms with Gasteiger partial charge in [-0.3, -0.25) is 14.9 Å². The molecule has 0 aliphatic rings. The molecule has 0 fully saturated rings. The van der Waals surface area contributed by atoms with Crippen LogP contribution in [-0.4, -0.2) is 23.4 Å². The molecule has 1 amide bonds. The third-order valence-electron chi connectivity index (χ3n) is 3.32. The van der Waals surface area contributed by atoms with Gasteiger partial charge in [0.2, 0.25) is 5.76 Å². The lowest BCUT2D eigenvalue weighted by Crippen LogP contribution is -2.32. The number of ether oxygens (including phenoxy) is 1. The average molecular weight is 411 g/mol. The monoisotopic (exact) mass is 410 g/mol. The second-order valence-electron chi connectivity index (χ2n) is 5.05. The predicted molar refractivity (Wildman–Crippen MR) is 91.0 cm³/mol. The zero-order chi connectivity index (χ0) is 18.4. The Morgan fingerprint density at radius 3 is 2.52 bits per heavy atom. The van der Waals surface area contributed by atoms with Gasteiger partial charge in [-0.05, 0) is 30.2 Å². The molecule has 8 nitrogen and oxygen atoms in total. The molecule has 0 unspecified atom stereocenters. The van der Waals surface area contributed by atoms with Crippen molar-refractivity contribution in [3.05, 3.63) is 62.3 Å². The number of carbonyl (C=O) groups excluding carboxylic acids is 2. The van der Waals surface area contributed by atoms with E-state index >= 15 is 0 Å². The van der Waals surface area contributed by atoms with Crippen molar-refractivity contribution in [2.45, 2.75) is 19.4 Å². The molecule has 2 aromatic rings. The third-order valence-corrected chi connectivity index (χ3v) is 3.85. The van der Waals surface area contributed by atoms with E-state index in [1.807, 2.05) is 31.2 Å². The minimum atomic E-state index is -0.944. The van der Waals surface area contributed by atoms with E-state index in [1.54, 1.807) is 0 Å². The van der Waals surface area contributed by atoms with Crippen LogP contribution in [0.3, 0.4) is 0 Å². The van der Waals surface area contributed by atoms with Gasteiger partial charge in [-0.15, -0.1) is 0 Å². The first-order valence-electron chi connectivity index (χ1n) is 7.37. The predicted octanol–water partition coefficient (Wildman–Crippen LogP) is 3.37. The number of nitrogens with one attached hydrogen (secondary N) is 1. The molecular formula is C16H15BrN2O6. The number of hydrogen-bond donors (Lipinski definition) is 1. The van der Waals surface area contributed by atoms with Crippen molar-refractivity contribution < 1.29 is 23.7 Å². The van der Waals surface area contributed by atoms with Crippen LogP contribution >= 0.6 is 15.9 Å². The molecule has 25 heavy (non-hydrogen) atoms. The van der Waals surface area contributed by atoms with Gasteiger partial charge in [0, 0.05) is 4.47 Å². The number of amides is 1. The van der Waals surface area contributed by atoms with E-state index < -0.39 is 29.3 Å². The first kappa shape index (κ1) is 18.7. The third kappa shape index (κ3) is 5.15. The van der Waals surface area contributed by atoms with Crippen LogP contribution in [-0.2, 0) is 9.53 Å². The molecular weight excluding hydrogens is 396 g/mol. The van der Waals surface area contributed by atoms with Gasteiger partial charge in [0.05, 0.1) is 12.1 Å². The molecule has 0 saturated carbocycles. The van der Waals surface area contributed by atoms with Crippen LogP contribution in [0.15, 0.2) is 45.3 Å². The summed E-state index contributed by atoms with van der Waals surface area (Å²) >= 11 is 3.35. The van der Waals surface area contributed by atoms with Crippen molar-refractivity contribution >= 4 is 33.7 Å². The van der Waals surface area contributed by atoms with Crippen LogP contribution in [0.2, 0.25) is 0 Å². The fourth-order valence-electron chi connectivity index (χ4n) is 2.09. The number of nitro groups is 1. The quantitative estimate of drug-likeness (QED) is 0.425. The highest BCUT2D eigenvalue weighted by molar-refractivity contribution is 9.10. The second-order valence-corrected chi connectivity index (χ2v) is 5.97. The Balaban J connectivity index is 1.89. The Kier molecular flexibility index (Phi) is 6.29. The number of carbonyl (C=O) groups is 2. The molecule has 2 rings (SSSR count). The fourth-order valence-corrected chi connectivity index (χ4v) is 2.35. The molecule has 0 aliphatic carbocycles. The van der Waals surface area contributed by atoms with Crippen LogP contribution in [0.25, 0.3) is 0 Å². The summed E-state index contributed by atoms with van der Waals surface area (Å²) in [6.45, 7) is 1.40. The number of esters is 1. The van der Waals surface area contributed by atoms with Crippen LogP contribution < -0.4 is 5.32 Å². The Morgan fingerprint density at radius 2 is 1.96 bits per heavy atom. The molecule has 1 N–H and O–H groups in total. The SMILES string of the molecule is CC[C@@H](NC(=O)COC(=O)c1ccc([N+](=O)[O-])o1)c1ccc(Br)cc1. The summed E-state index contributed by atoms with van der Waals surface area (Å²) in [5.74, 6) is -2.33. The fraction of sp³-hybridized carbons (Fsp3) is 0.250. The van der Waals surface area contributed by atoms with Gasteiger partial charge in [0.15, 0.2) is 6.61 Å². The number of rotatable bonds is 7. The van der Waals surface area contributed by atoms with Crippen molar-refractivity contribution in [1.82, 2.24) is 5.32 Å². The topological polar surface area (TPSA) is 112 Å². The molecule has 1 atom stereocenters. The van der Waals surface area contributed by atoms with E-state index in [1.165, 1.54) is 0 Å². The number of nitrogens with zero attached hydrogens (tertiary/aromatic N) is 1. The summed E-state index contributed by atoms with van der Waals surface area (Å²) in [6, 6.07) is 9.44. The summed E-state index contributed by atoms with van der Waals surface area (Å²) < 4.78 is 10.5. The number of hydrogen-bond acceptors (Lipinski definition) is 6. The maximum absolute atomic E-state index is 12.0. The largest absolute Gasteiger partial charge is 0.450 e. The molecule has 9 heteroatoms. The highest BCUT2D eigenvalue weighted by atomic mass is 79.9. The summed E-state index contributed by atoms with van der Waals surface area (Å²) in [5, 5.41) is 13.3. The van der Waals surface area contributed by atoms with Crippen molar-refractivity contribution in [2.24, 2.45) is 0 Å². The average Bonchev–Trinajstić information content (AvgIpc) is 3.09. The lowest BCUT2D eigenvalue weighted by atomic mass is 10.0. The van der Waals surface area contributed by atoms with E-state index in [-0.39, 0.29) is 11.8 Å². The van der Waals surface area contributed by atoms with Gasteiger partial charge >= 0.3 is 11.9 Å². The molecule has 1 aromatic heterocycles. The summed E-state index contributed by atoms with van der Waals surface area (Å²) in [7, 11) is 0. The zero-order valence-electron chi connectivity index (χ0n) is 13.2. The van der Waals surface area contributed by atoms with Gasteiger partial charge in [-0.25, -0.2) is 4.79 Å². The Hall–Kier alpha value is -2.68. The lowest BCUT2D eigenvalue weighted by molar-refractivity contribution is -0.402. The molecule has 132 valence electrons. The van der Waals surface area contributed by atoms with Crippen LogP contribution in [0.5, 0.6) is 0 Å². The molecule has 1 aromatic carbocycles. The maximum Gasteiger partial charge on any atom is 0.433 e. The van der Waals surface area contributed by atoms with E-state index in [0.29, 0.717) is 6.42 Å². The molecule has 0 aliphatic heterocycles. The smallest absolute Gasteiger partial charge is 0.433 e. The highest BCUT2D eigenvalue weighted by Gasteiger charge is 2.20. The molecule has 1 heterocycles. The number of halogens is 1. The normalized spacial score (nSPS) is 11.6. The van der Waals surface area contributed by atoms with Gasteiger partial charge in [0.25, 0.3) is 5.91 Å². The molecule has 0 saturated heterocycles. The minimum Gasteiger partial charge on any atom is -0.450 e. The van der Waals surface area contributed by atoms with Gasteiger partial charge in [-0.2, -0.15) is 0 Å². The minimum absolute atomic E-state index is 0.219. The lowest BCUT2D eigenvalue weighted by Gasteiger charge is -2.17. The maximum atomic E-state index is 12.0. The second kappa shape index (κ2) is 8.43. The van der Waals surface area contributed by atoms with Crippen molar-refractivity contribution in [3.63, 3.8) is 0 Å². The van der Waals surface area contributed by atoms with Crippen molar-refractivity contribution in [1.29, 1.82) is 0 Å². The Bertz CT molecular complexity index is 771. The van der Waals surface area contributed by atoms with Gasteiger partial charge in [-0.1, -0.05) is 35.0 Å². The summed E-state index contributed by atoms with van der Waals surface area (Å²) in [4.78, 5) is 33.4. The standard InChI is InChI=1S/C16H15BrN2O6/c1-2-12(10-3-5-11(17)6-4-10)18-14(20)9-24-16(21)13-7-8-15(25-13)19(22)23/h3-8,12H,2,9H2,1H3,(H,18,20)/t12-/m1/s1. The highest BCUT2D eigenvalue weighted by Crippen LogP contribution is 2.19. The van der Waals surface area contributed by atoms with E-state index in [9.17, 15) is 19.7 Å². The van der Waals surface area contributed by atoms with E-state index in [4.69, 9.17) is 9.15 Å².